The molecule has 0 aliphatic rings. The van der Waals surface area contributed by atoms with Crippen molar-refractivity contribution in [2.75, 3.05) is 18.4 Å². The average molecular weight is 613 g/mol. The van der Waals surface area contributed by atoms with Crippen LogP contribution in [0.5, 0.6) is 0 Å². The van der Waals surface area contributed by atoms with Gasteiger partial charge in [0.1, 0.15) is 12.6 Å². The molecular formula is C26H40N6O7S2. The predicted octanol–water partition coefficient (Wildman–Crippen LogP) is 1.88. The molecule has 0 aliphatic heterocycles. The first-order chi connectivity index (χ1) is 19.6. The van der Waals surface area contributed by atoms with E-state index in [2.05, 4.69) is 27.6 Å². The molecule has 13 nitrogen and oxygen atoms in total. The van der Waals surface area contributed by atoms with Gasteiger partial charge in [0.2, 0.25) is 30.0 Å². The molecule has 0 fully saturated rings. The molecule has 0 aromatic heterocycles. The molecule has 1 aromatic rings. The number of unbranched alkanes of at least 4 members (excludes halogenated alkanes) is 2. The summed E-state index contributed by atoms with van der Waals surface area (Å²) in [6.45, 7) is 5.39. The van der Waals surface area contributed by atoms with Crippen LogP contribution in [0, 0.1) is 5.92 Å². The number of nitrogens with two attached hydrogens (primary N) is 1. The van der Waals surface area contributed by atoms with Crippen molar-refractivity contribution in [2.45, 2.75) is 70.8 Å². The van der Waals surface area contributed by atoms with Gasteiger partial charge in [-0.15, -0.1) is 11.7 Å². The fourth-order valence-electron chi connectivity index (χ4n) is 3.58. The molecular weight excluding hydrogens is 572 g/mol. The fraction of sp³-hybridized carbons (Fsp3) is 0.538. The summed E-state index contributed by atoms with van der Waals surface area (Å²) in [5, 5.41) is 7.53. The Balaban J connectivity index is 2.43. The number of carbonyl (C=O) groups excluding carboxylic acids is 6. The first-order valence-corrected chi connectivity index (χ1v) is 15.1. The van der Waals surface area contributed by atoms with E-state index in [-0.39, 0.29) is 49.1 Å². The summed E-state index contributed by atoms with van der Waals surface area (Å²) in [5.74, 6) is 3.19. The lowest BCUT2D eigenvalue weighted by atomic mass is 10.0. The molecule has 1 aromatic carbocycles. The number of nitrogens with one attached hydrogen (secondary N) is 4. The molecule has 2 unspecified atom stereocenters. The molecule has 15 heteroatoms. The normalized spacial score (nSPS) is 12.0. The summed E-state index contributed by atoms with van der Waals surface area (Å²) >= 11 is 4.08. The van der Waals surface area contributed by atoms with Crippen molar-refractivity contribution < 1.29 is 33.5 Å². The molecule has 6 amide bonds. The highest BCUT2D eigenvalue weighted by atomic mass is 33.1. The number of rotatable bonds is 18. The van der Waals surface area contributed by atoms with Crippen LogP contribution >= 0.6 is 22.5 Å². The number of anilines is 1. The number of imide groups is 1. The van der Waals surface area contributed by atoms with Gasteiger partial charge in [0.05, 0.1) is 11.8 Å². The van der Waals surface area contributed by atoms with Crippen LogP contribution in [0.2, 0.25) is 0 Å². The van der Waals surface area contributed by atoms with Crippen molar-refractivity contribution in [3.63, 3.8) is 0 Å². The zero-order chi connectivity index (χ0) is 30.8. The van der Waals surface area contributed by atoms with E-state index in [1.807, 2.05) is 12.3 Å². The summed E-state index contributed by atoms with van der Waals surface area (Å²) in [7, 11) is 1.11. The molecule has 2 atom stereocenters. The quantitative estimate of drug-likeness (QED) is 0.0273. The number of hydrazine groups is 1. The van der Waals surface area contributed by atoms with Gasteiger partial charge in [-0.1, -0.05) is 50.1 Å². The SMILES string of the molecule is CCC(SS)C(=O)N(C=O)CCCCCC(=O)NC(C(=O)NCC(=O)Nc1ccc(COC(=O)NN)cc1)C(C)C. The van der Waals surface area contributed by atoms with Crippen LogP contribution in [0.4, 0.5) is 10.5 Å². The summed E-state index contributed by atoms with van der Waals surface area (Å²) in [4.78, 5) is 73.2. The Morgan fingerprint density at radius 2 is 1.76 bits per heavy atom. The van der Waals surface area contributed by atoms with Gasteiger partial charge < -0.3 is 20.7 Å². The van der Waals surface area contributed by atoms with E-state index in [0.29, 0.717) is 43.3 Å². The summed E-state index contributed by atoms with van der Waals surface area (Å²) in [5.41, 5.74) is 3.01. The van der Waals surface area contributed by atoms with Gasteiger partial charge in [-0.3, -0.25) is 34.3 Å². The lowest BCUT2D eigenvalue weighted by molar-refractivity contribution is -0.137. The largest absolute Gasteiger partial charge is 0.444 e. The monoisotopic (exact) mass is 612 g/mol. The van der Waals surface area contributed by atoms with E-state index >= 15 is 0 Å². The molecule has 6 N–H and O–H groups in total. The maximum absolute atomic E-state index is 12.7. The third-order valence-electron chi connectivity index (χ3n) is 5.90. The van der Waals surface area contributed by atoms with Gasteiger partial charge in [0, 0.05) is 18.7 Å². The van der Waals surface area contributed by atoms with E-state index in [1.54, 1.807) is 38.1 Å². The van der Waals surface area contributed by atoms with Crippen LogP contribution < -0.4 is 27.2 Å². The standard InChI is InChI=1S/C26H40N6O7S2/c1-4-20(41-40)25(37)32(16-33)13-7-5-6-8-21(34)30-23(17(2)3)24(36)28-14-22(35)29-19-11-9-18(10-12-19)15-39-26(38)31-27/h9-12,16-17,20,23,40H,4-8,13-15,27H2,1-3H3,(H,28,36)(H,29,35)(H,30,34)(H,31,38). The van der Waals surface area contributed by atoms with E-state index in [1.165, 1.54) is 0 Å². The number of nitrogens with zero attached hydrogens (tertiary/aromatic N) is 1. The van der Waals surface area contributed by atoms with Gasteiger partial charge in [-0.2, -0.15) is 0 Å². The van der Waals surface area contributed by atoms with Crippen LogP contribution in [-0.4, -0.2) is 65.4 Å². The Morgan fingerprint density at radius 1 is 1.07 bits per heavy atom. The van der Waals surface area contributed by atoms with Gasteiger partial charge in [0.25, 0.3) is 0 Å². The van der Waals surface area contributed by atoms with Crippen molar-refractivity contribution in [2.24, 2.45) is 11.8 Å². The van der Waals surface area contributed by atoms with Gasteiger partial charge in [-0.25, -0.2) is 10.6 Å². The van der Waals surface area contributed by atoms with Crippen molar-refractivity contribution in [1.82, 2.24) is 21.0 Å². The van der Waals surface area contributed by atoms with E-state index < -0.39 is 23.9 Å². The van der Waals surface area contributed by atoms with Crippen LogP contribution in [0.1, 0.15) is 58.4 Å². The summed E-state index contributed by atoms with van der Waals surface area (Å²) in [6, 6.07) is 5.73. The summed E-state index contributed by atoms with van der Waals surface area (Å²) in [6.07, 6.45) is 2.18. The average Bonchev–Trinajstić information content (AvgIpc) is 2.96. The van der Waals surface area contributed by atoms with Crippen molar-refractivity contribution in [3.8, 4) is 0 Å². The molecule has 0 spiro atoms. The predicted molar refractivity (Wildman–Crippen MR) is 159 cm³/mol. The Morgan fingerprint density at radius 3 is 2.32 bits per heavy atom. The molecule has 0 saturated carbocycles. The van der Waals surface area contributed by atoms with Crippen molar-refractivity contribution in [3.05, 3.63) is 29.8 Å². The third-order valence-corrected chi connectivity index (χ3v) is 7.45. The molecule has 0 radical (unpaired) electrons. The molecule has 1 rings (SSSR count). The smallest absolute Gasteiger partial charge is 0.421 e. The highest BCUT2D eigenvalue weighted by Gasteiger charge is 2.25. The molecule has 41 heavy (non-hydrogen) atoms. The van der Waals surface area contributed by atoms with Crippen molar-refractivity contribution in [1.29, 1.82) is 0 Å². The maximum Gasteiger partial charge on any atom is 0.421 e. The number of hydrogen-bond donors (Lipinski definition) is 6. The zero-order valence-electron chi connectivity index (χ0n) is 23.5. The Kier molecular flexibility index (Phi) is 17.2. The fourth-order valence-corrected chi connectivity index (χ4v) is 4.67. The third kappa shape index (κ3) is 13.7. The van der Waals surface area contributed by atoms with E-state index in [4.69, 9.17) is 10.6 Å². The number of hydrogen-bond acceptors (Lipinski definition) is 10. The molecule has 0 heterocycles. The van der Waals surface area contributed by atoms with Crippen LogP contribution in [0.25, 0.3) is 0 Å². The molecule has 228 valence electrons. The van der Waals surface area contributed by atoms with E-state index in [0.717, 1.165) is 15.7 Å². The molecule has 0 aliphatic carbocycles. The van der Waals surface area contributed by atoms with Gasteiger partial charge >= 0.3 is 6.09 Å². The first kappa shape index (κ1) is 35.7. The second-order valence-electron chi connectivity index (χ2n) is 9.42. The minimum absolute atomic E-state index is 0.00482. The number of carbonyl (C=O) groups is 6. The molecule has 0 bridgehead atoms. The van der Waals surface area contributed by atoms with Crippen LogP contribution in [0.15, 0.2) is 24.3 Å². The number of benzene rings is 1. The first-order valence-electron chi connectivity index (χ1n) is 13.2. The Hall–Kier alpha value is -3.30. The number of ether oxygens (including phenoxy) is 1. The Bertz CT molecular complexity index is 1020. The topological polar surface area (TPSA) is 189 Å². The number of thiol groups is 1. The minimum atomic E-state index is -0.826. The minimum Gasteiger partial charge on any atom is -0.444 e. The number of amides is 6. The van der Waals surface area contributed by atoms with Crippen LogP contribution in [0.3, 0.4) is 0 Å². The van der Waals surface area contributed by atoms with E-state index in [9.17, 15) is 28.8 Å². The Labute approximate surface area is 249 Å². The molecule has 0 saturated heterocycles. The highest BCUT2D eigenvalue weighted by molar-refractivity contribution is 8.69. The second-order valence-corrected chi connectivity index (χ2v) is 10.8. The van der Waals surface area contributed by atoms with Gasteiger partial charge in [-0.05, 0) is 42.9 Å². The van der Waals surface area contributed by atoms with Crippen LogP contribution in [-0.2, 0) is 35.3 Å². The lowest BCUT2D eigenvalue weighted by Gasteiger charge is -2.22. The highest BCUT2D eigenvalue weighted by Crippen LogP contribution is 2.20. The maximum atomic E-state index is 12.7. The van der Waals surface area contributed by atoms with Gasteiger partial charge in [0.15, 0.2) is 0 Å². The summed E-state index contributed by atoms with van der Waals surface area (Å²) < 4.78 is 4.83. The lowest BCUT2D eigenvalue weighted by Crippen LogP contribution is -2.51. The van der Waals surface area contributed by atoms with Crippen molar-refractivity contribution >= 4 is 64.3 Å². The zero-order valence-corrected chi connectivity index (χ0v) is 25.2. The second kappa shape index (κ2) is 19.7.